The molecule has 6 aromatic rings. The predicted molar refractivity (Wildman–Crippen MR) is 308 cm³/mol. The van der Waals surface area contributed by atoms with Gasteiger partial charge in [0.1, 0.15) is 5.75 Å². The third kappa shape index (κ3) is 8.07. The Morgan fingerprint density at radius 3 is 2.42 bits per heavy atom. The molecule has 408 valence electrons. The van der Waals surface area contributed by atoms with Crippen LogP contribution in [0.2, 0.25) is 0 Å². The Labute approximate surface area is 460 Å². The number of aryl methyl sites for hydroxylation is 1. The molecule has 9 N–H and O–H groups in total. The van der Waals surface area contributed by atoms with Gasteiger partial charge in [0.2, 0.25) is 0 Å². The van der Waals surface area contributed by atoms with Crippen molar-refractivity contribution in [3.05, 3.63) is 155 Å². The molecular weight excluding hydrogens is 969 g/mol. The predicted octanol–water partition coefficient (Wildman–Crippen LogP) is 13.4. The number of piperidine rings is 2. The number of fused-ring (bicyclic) bond motifs is 5. The molecular formula is C68H80N4O6. The first kappa shape index (κ1) is 51.4. The zero-order valence-corrected chi connectivity index (χ0v) is 45.4. The summed E-state index contributed by atoms with van der Waals surface area (Å²) in [4.78, 5) is 8.82. The topological polar surface area (TPSA) is 174 Å². The number of aliphatic hydroxyl groups excluding tert-OH is 1. The average molecular weight is 1050 g/mol. The van der Waals surface area contributed by atoms with Crippen LogP contribution in [0.3, 0.4) is 0 Å². The van der Waals surface area contributed by atoms with Crippen LogP contribution in [-0.2, 0) is 18.3 Å². The van der Waals surface area contributed by atoms with E-state index in [0.29, 0.717) is 64.6 Å². The number of nitrogens with zero attached hydrogens (tertiary/aromatic N) is 1. The molecule has 0 bridgehead atoms. The Hall–Kier alpha value is -6.07. The summed E-state index contributed by atoms with van der Waals surface area (Å²) in [6.45, 7) is 3.31. The molecule has 0 unspecified atom stereocenters. The van der Waals surface area contributed by atoms with E-state index in [4.69, 9.17) is 4.98 Å². The number of H-pyrrole nitrogens is 1. The van der Waals surface area contributed by atoms with E-state index in [1.807, 2.05) is 18.5 Å². The second-order valence-electron chi connectivity index (χ2n) is 25.4. The van der Waals surface area contributed by atoms with Crippen molar-refractivity contribution in [1.82, 2.24) is 20.6 Å². The van der Waals surface area contributed by atoms with Gasteiger partial charge in [-0.2, -0.15) is 0 Å². The second kappa shape index (κ2) is 20.2. The molecule has 3 spiro atoms. The number of allylic oxidation sites excluding steroid dienone is 1. The summed E-state index contributed by atoms with van der Waals surface area (Å²) in [5.41, 5.74) is 6.70. The van der Waals surface area contributed by atoms with Gasteiger partial charge in [0.25, 0.3) is 0 Å². The Balaban J connectivity index is 0.900. The quantitative estimate of drug-likeness (QED) is 0.0236. The number of rotatable bonds is 13. The summed E-state index contributed by atoms with van der Waals surface area (Å²) in [6.07, 6.45) is 32.0. The molecule has 0 radical (unpaired) electrons. The SMILES string of the molecule is CCCCC[C@@H](c1ccccc1)[C@@H]1C[C@]2(CCN1)C[C@@H](c1ccc(CCc3c(O)c(O)c4c(O)cccc4c3/C=C/c3ccc(O)c(O)c3)cc1)N[C@@H]1[C@H]2C[C@@H]2CCC[C@@]23CC[C@@]24CCC[C@@H]2C=C[C@H](O)[C@@H]4[C@@]13c1cnc[nH]1. The van der Waals surface area contributed by atoms with E-state index >= 15 is 0 Å². The zero-order valence-electron chi connectivity index (χ0n) is 45.4. The Kier molecular flexibility index (Phi) is 13.3. The minimum absolute atomic E-state index is 0.0380. The highest BCUT2D eigenvalue weighted by Gasteiger charge is 2.78. The molecule has 6 fully saturated rings. The van der Waals surface area contributed by atoms with E-state index in [9.17, 15) is 30.6 Å². The number of phenols is 5. The van der Waals surface area contributed by atoms with E-state index in [-0.39, 0.29) is 73.8 Å². The van der Waals surface area contributed by atoms with Crippen LogP contribution in [0, 0.1) is 39.9 Å². The number of aliphatic hydroxyl groups is 1. The van der Waals surface area contributed by atoms with Gasteiger partial charge in [-0.25, -0.2) is 4.98 Å². The fourth-order valence-electron chi connectivity index (χ4n) is 19.1. The highest BCUT2D eigenvalue weighted by molar-refractivity contribution is 6.03. The van der Waals surface area contributed by atoms with Crippen LogP contribution < -0.4 is 10.6 Å². The number of unbranched alkanes of at least 4 members (excludes halogenated alkanes) is 2. The monoisotopic (exact) mass is 1050 g/mol. The fourth-order valence-corrected chi connectivity index (χ4v) is 19.1. The normalized spacial score (nSPS) is 33.4. The van der Waals surface area contributed by atoms with E-state index in [1.54, 1.807) is 18.2 Å². The molecule has 5 aliphatic carbocycles. The molecule has 13 atom stereocenters. The highest BCUT2D eigenvalue weighted by Crippen LogP contribution is 2.79. The first-order chi connectivity index (χ1) is 38.0. The van der Waals surface area contributed by atoms with Crippen molar-refractivity contribution in [2.24, 2.45) is 39.9 Å². The van der Waals surface area contributed by atoms with Gasteiger partial charge >= 0.3 is 0 Å². The molecule has 78 heavy (non-hydrogen) atoms. The van der Waals surface area contributed by atoms with Gasteiger partial charge in [0.05, 0.1) is 17.8 Å². The molecule has 0 amide bonds. The van der Waals surface area contributed by atoms with Crippen molar-refractivity contribution in [3.63, 3.8) is 0 Å². The van der Waals surface area contributed by atoms with E-state index < -0.39 is 6.10 Å². The third-order valence-electron chi connectivity index (χ3n) is 22.2. The molecule has 1 aromatic heterocycles. The lowest BCUT2D eigenvalue weighted by atomic mass is 9.31. The molecule has 5 aromatic carbocycles. The Bertz CT molecular complexity index is 3210. The molecule has 10 nitrogen and oxygen atoms in total. The van der Waals surface area contributed by atoms with E-state index in [2.05, 4.69) is 95.5 Å². The van der Waals surface area contributed by atoms with Crippen LogP contribution in [0.25, 0.3) is 22.9 Å². The van der Waals surface area contributed by atoms with Crippen LogP contribution in [0.1, 0.15) is 161 Å². The van der Waals surface area contributed by atoms with Crippen LogP contribution in [0.4, 0.5) is 0 Å². The van der Waals surface area contributed by atoms with Gasteiger partial charge in [-0.05, 0) is 181 Å². The second-order valence-corrected chi connectivity index (χ2v) is 25.4. The number of aromatic nitrogens is 2. The molecule has 2 aliphatic heterocycles. The summed E-state index contributed by atoms with van der Waals surface area (Å²) in [5.74, 6) is 0.758. The van der Waals surface area contributed by atoms with Crippen LogP contribution in [0.5, 0.6) is 28.7 Å². The van der Waals surface area contributed by atoms with Crippen LogP contribution in [0.15, 0.2) is 116 Å². The largest absolute Gasteiger partial charge is 0.507 e. The standard InChI is InChI=1S/C68H80N4O6/c1-2-3-5-15-48(44-11-6-4-7-12-44)54-39-65(34-35-70-54)38-53(72-64-52(65)37-47-14-10-31-67(47)33-32-66-30-9-13-46(66)25-29-57(75)63(66)68(64,67)59-40-69-41-71-59)45-23-18-42(19-24-45)20-27-51-49(26-21-43-22-28-55(73)58(76)36-43)50-16-8-17-56(74)60(50)62(78)61(51)77/h4,6-8,11-12,16-19,21-26,28-29,36,40-41,46-48,52-54,57,63-64,70,72-78H,2-3,5,9-10,13-15,20,27,30-35,37-39H2,1H3,(H,69,71)/b26-21+/t46-,47+,48+,52-,53+,54+,57+,63+,64-,65+,66+,67-,68+/m1/s1. The van der Waals surface area contributed by atoms with E-state index in [1.165, 1.54) is 118 Å². The van der Waals surface area contributed by atoms with Crippen molar-refractivity contribution in [2.45, 2.75) is 158 Å². The van der Waals surface area contributed by atoms with Gasteiger partial charge < -0.3 is 46.3 Å². The first-order valence-electron chi connectivity index (χ1n) is 29.9. The summed E-state index contributed by atoms with van der Waals surface area (Å²) < 4.78 is 0. The molecule has 7 aliphatic rings. The van der Waals surface area contributed by atoms with Gasteiger partial charge in [-0.1, -0.05) is 136 Å². The number of phenolic OH excluding ortho intramolecular Hbond substituents is 5. The third-order valence-corrected chi connectivity index (χ3v) is 22.2. The first-order valence-corrected chi connectivity index (χ1v) is 29.9. The summed E-state index contributed by atoms with van der Waals surface area (Å²) in [7, 11) is 0. The summed E-state index contributed by atoms with van der Waals surface area (Å²) in [5, 5.41) is 77.0. The number of imidazole rings is 1. The molecule has 4 saturated carbocycles. The number of aromatic amines is 1. The summed E-state index contributed by atoms with van der Waals surface area (Å²) >= 11 is 0. The van der Waals surface area contributed by atoms with Crippen molar-refractivity contribution < 1.29 is 30.6 Å². The van der Waals surface area contributed by atoms with Gasteiger partial charge in [0, 0.05) is 46.9 Å². The zero-order chi connectivity index (χ0) is 53.4. The van der Waals surface area contributed by atoms with Crippen molar-refractivity contribution in [3.8, 4) is 28.7 Å². The lowest BCUT2D eigenvalue weighted by molar-refractivity contribution is -0.217. The minimum Gasteiger partial charge on any atom is -0.507 e. The number of aromatic hydroxyl groups is 5. The Morgan fingerprint density at radius 2 is 1.62 bits per heavy atom. The number of nitrogens with one attached hydrogen (secondary N) is 3. The molecule has 3 heterocycles. The minimum atomic E-state index is -0.536. The van der Waals surface area contributed by atoms with Crippen molar-refractivity contribution in [2.75, 3.05) is 6.54 Å². The van der Waals surface area contributed by atoms with Gasteiger partial charge in [-0.3, -0.25) is 0 Å². The van der Waals surface area contributed by atoms with E-state index in [0.717, 1.165) is 31.4 Å². The Morgan fingerprint density at radius 1 is 0.769 bits per heavy atom. The smallest absolute Gasteiger partial charge is 0.169 e. The average Bonchev–Trinajstić information content (AvgIpc) is 4.32. The fraction of sp³-hybridized carbons (Fsp3) is 0.485. The number of benzene rings is 5. The van der Waals surface area contributed by atoms with Crippen molar-refractivity contribution in [1.29, 1.82) is 0 Å². The lowest BCUT2D eigenvalue weighted by Crippen LogP contribution is -2.78. The highest BCUT2D eigenvalue weighted by atomic mass is 16.3. The van der Waals surface area contributed by atoms with Crippen molar-refractivity contribution >= 4 is 22.9 Å². The number of hydrogen-bond acceptors (Lipinski definition) is 9. The maximum atomic E-state index is 13.0. The maximum absolute atomic E-state index is 13.0. The van der Waals surface area contributed by atoms with Gasteiger partial charge in [-0.15, -0.1) is 0 Å². The number of hydrogen-bond donors (Lipinski definition) is 9. The molecule has 10 heteroatoms. The summed E-state index contributed by atoms with van der Waals surface area (Å²) in [6, 6.07) is 30.8. The maximum Gasteiger partial charge on any atom is 0.169 e. The molecule has 13 rings (SSSR count). The van der Waals surface area contributed by atoms with Crippen LogP contribution >= 0.6 is 0 Å². The lowest BCUT2D eigenvalue weighted by Gasteiger charge is -2.75. The van der Waals surface area contributed by atoms with Gasteiger partial charge in [0.15, 0.2) is 23.0 Å². The molecule has 2 saturated heterocycles. The van der Waals surface area contributed by atoms with Crippen LogP contribution in [-0.4, -0.2) is 65.3 Å².